The Balaban J connectivity index is 2.10. The lowest BCUT2D eigenvalue weighted by molar-refractivity contribution is 0.0570. The maximum absolute atomic E-state index is 12.4. The number of pyridine rings is 1. The van der Waals surface area contributed by atoms with E-state index < -0.39 is 0 Å². The van der Waals surface area contributed by atoms with E-state index in [4.69, 9.17) is 27.9 Å². The molecule has 1 aliphatic heterocycles. The highest BCUT2D eigenvalue weighted by Gasteiger charge is 2.26. The number of carbonyl (C=O) groups excluding carboxylic acids is 1. The standard InChI is InChI=1S/C13H16Cl2N2O2/c1-19-8-9-3-2-6-17(7-9)13(18)10-4-5-11(14)16-12(10)15/h4-5,9H,2-3,6-8H2,1H3. The number of aromatic nitrogens is 1. The van der Waals surface area contributed by atoms with Gasteiger partial charge in [-0.3, -0.25) is 4.79 Å². The number of hydrogen-bond donors (Lipinski definition) is 0. The van der Waals surface area contributed by atoms with Gasteiger partial charge in [-0.15, -0.1) is 0 Å². The molecular formula is C13H16Cl2N2O2. The molecule has 6 heteroatoms. The molecule has 1 saturated heterocycles. The predicted molar refractivity (Wildman–Crippen MR) is 74.8 cm³/mol. The monoisotopic (exact) mass is 302 g/mol. The highest BCUT2D eigenvalue weighted by Crippen LogP contribution is 2.22. The Kier molecular flexibility index (Phi) is 5.02. The van der Waals surface area contributed by atoms with Gasteiger partial charge in [0, 0.05) is 20.2 Å². The number of likely N-dealkylation sites (tertiary alicyclic amines) is 1. The highest BCUT2D eigenvalue weighted by molar-refractivity contribution is 6.34. The van der Waals surface area contributed by atoms with E-state index in [-0.39, 0.29) is 16.2 Å². The Bertz CT molecular complexity index is 466. The van der Waals surface area contributed by atoms with Crippen LogP contribution in [0.25, 0.3) is 0 Å². The van der Waals surface area contributed by atoms with Gasteiger partial charge in [0.1, 0.15) is 10.3 Å². The van der Waals surface area contributed by atoms with Crippen molar-refractivity contribution in [2.45, 2.75) is 12.8 Å². The molecule has 19 heavy (non-hydrogen) atoms. The Hall–Kier alpha value is -0.840. The first kappa shape index (κ1) is 14.6. The van der Waals surface area contributed by atoms with Crippen molar-refractivity contribution in [2.24, 2.45) is 5.92 Å². The Labute approximate surface area is 122 Å². The van der Waals surface area contributed by atoms with Gasteiger partial charge in [-0.2, -0.15) is 0 Å². The molecule has 0 N–H and O–H groups in total. The zero-order valence-electron chi connectivity index (χ0n) is 10.7. The number of piperidine rings is 1. The molecule has 1 aromatic rings. The van der Waals surface area contributed by atoms with Crippen LogP contribution in [0.4, 0.5) is 0 Å². The largest absolute Gasteiger partial charge is 0.384 e. The number of methoxy groups -OCH3 is 1. The number of ether oxygens (including phenoxy) is 1. The number of hydrogen-bond acceptors (Lipinski definition) is 3. The second-order valence-corrected chi connectivity index (χ2v) is 5.43. The summed E-state index contributed by atoms with van der Waals surface area (Å²) >= 11 is 11.7. The van der Waals surface area contributed by atoms with Gasteiger partial charge < -0.3 is 9.64 Å². The van der Waals surface area contributed by atoms with Crippen molar-refractivity contribution in [3.8, 4) is 0 Å². The topological polar surface area (TPSA) is 42.4 Å². The molecule has 104 valence electrons. The summed E-state index contributed by atoms with van der Waals surface area (Å²) in [6.07, 6.45) is 2.07. The number of carbonyl (C=O) groups is 1. The highest BCUT2D eigenvalue weighted by atomic mass is 35.5. The van der Waals surface area contributed by atoms with Crippen molar-refractivity contribution >= 4 is 29.1 Å². The van der Waals surface area contributed by atoms with E-state index in [1.165, 1.54) is 0 Å². The van der Waals surface area contributed by atoms with Crippen LogP contribution in [0.5, 0.6) is 0 Å². The molecule has 2 heterocycles. The molecule has 1 atom stereocenters. The van der Waals surface area contributed by atoms with Crippen molar-refractivity contribution < 1.29 is 9.53 Å². The average molecular weight is 303 g/mol. The molecule has 1 amide bonds. The normalized spacial score (nSPS) is 19.5. The summed E-state index contributed by atoms with van der Waals surface area (Å²) in [6.45, 7) is 2.13. The van der Waals surface area contributed by atoms with Gasteiger partial charge in [0.05, 0.1) is 12.2 Å². The van der Waals surface area contributed by atoms with E-state index >= 15 is 0 Å². The quantitative estimate of drug-likeness (QED) is 0.806. The molecule has 1 aromatic heterocycles. The van der Waals surface area contributed by atoms with Crippen molar-refractivity contribution in [1.29, 1.82) is 0 Å². The van der Waals surface area contributed by atoms with Gasteiger partial charge in [-0.25, -0.2) is 4.98 Å². The molecule has 0 saturated carbocycles. The van der Waals surface area contributed by atoms with Crippen LogP contribution in [0.2, 0.25) is 10.3 Å². The van der Waals surface area contributed by atoms with Crippen molar-refractivity contribution in [3.05, 3.63) is 28.0 Å². The molecule has 1 unspecified atom stereocenters. The first-order valence-electron chi connectivity index (χ1n) is 6.22. The summed E-state index contributed by atoms with van der Waals surface area (Å²) in [4.78, 5) is 18.1. The number of amides is 1. The molecule has 2 rings (SSSR count). The molecule has 0 spiro atoms. The smallest absolute Gasteiger partial charge is 0.256 e. The summed E-state index contributed by atoms with van der Waals surface area (Å²) in [6, 6.07) is 3.21. The minimum atomic E-state index is -0.0880. The first-order valence-corrected chi connectivity index (χ1v) is 6.97. The average Bonchev–Trinajstić information content (AvgIpc) is 2.39. The fourth-order valence-electron chi connectivity index (χ4n) is 2.36. The van der Waals surface area contributed by atoms with Crippen LogP contribution in [0.3, 0.4) is 0 Å². The zero-order chi connectivity index (χ0) is 13.8. The zero-order valence-corrected chi connectivity index (χ0v) is 12.2. The molecule has 1 fully saturated rings. The van der Waals surface area contributed by atoms with Gasteiger partial charge in [0.25, 0.3) is 5.91 Å². The SMILES string of the molecule is COCC1CCCN(C(=O)c2ccc(Cl)nc2Cl)C1. The van der Waals surface area contributed by atoms with Gasteiger partial charge in [0.15, 0.2) is 0 Å². The predicted octanol–water partition coefficient (Wildman–Crippen LogP) is 2.89. The van der Waals surface area contributed by atoms with E-state index in [0.29, 0.717) is 24.6 Å². The lowest BCUT2D eigenvalue weighted by Crippen LogP contribution is -2.41. The van der Waals surface area contributed by atoms with E-state index in [9.17, 15) is 4.79 Å². The second-order valence-electron chi connectivity index (χ2n) is 4.69. The minimum absolute atomic E-state index is 0.0880. The van der Waals surface area contributed by atoms with E-state index in [0.717, 1.165) is 19.4 Å². The van der Waals surface area contributed by atoms with Crippen molar-refractivity contribution in [2.75, 3.05) is 26.8 Å². The number of halogens is 2. The maximum Gasteiger partial charge on any atom is 0.256 e. The summed E-state index contributed by atoms with van der Waals surface area (Å²) in [5.41, 5.74) is 0.407. The van der Waals surface area contributed by atoms with Gasteiger partial charge >= 0.3 is 0 Å². The van der Waals surface area contributed by atoms with Crippen LogP contribution in [0, 0.1) is 5.92 Å². The van der Waals surface area contributed by atoms with E-state index in [1.807, 2.05) is 4.90 Å². The molecule has 0 bridgehead atoms. The molecular weight excluding hydrogens is 287 g/mol. The lowest BCUT2D eigenvalue weighted by Gasteiger charge is -2.32. The van der Waals surface area contributed by atoms with Crippen LogP contribution >= 0.6 is 23.2 Å². The summed E-state index contributed by atoms with van der Waals surface area (Å²) < 4.78 is 5.16. The fourth-order valence-corrected chi connectivity index (χ4v) is 2.79. The Morgan fingerprint density at radius 3 is 3.00 bits per heavy atom. The third-order valence-corrected chi connectivity index (χ3v) is 3.75. The molecule has 0 radical (unpaired) electrons. The molecule has 1 aliphatic rings. The molecule has 0 aliphatic carbocycles. The third-order valence-electron chi connectivity index (χ3n) is 3.25. The van der Waals surface area contributed by atoms with Gasteiger partial charge in [0.2, 0.25) is 0 Å². The van der Waals surface area contributed by atoms with Gasteiger partial charge in [-0.1, -0.05) is 23.2 Å². The van der Waals surface area contributed by atoms with Crippen LogP contribution in [-0.4, -0.2) is 42.6 Å². The Morgan fingerprint density at radius 2 is 2.32 bits per heavy atom. The van der Waals surface area contributed by atoms with E-state index in [2.05, 4.69) is 4.98 Å². The summed E-state index contributed by atoms with van der Waals surface area (Å²) in [5.74, 6) is 0.303. The summed E-state index contributed by atoms with van der Waals surface area (Å²) in [7, 11) is 1.68. The summed E-state index contributed by atoms with van der Waals surface area (Å²) in [5, 5.41) is 0.448. The lowest BCUT2D eigenvalue weighted by atomic mass is 9.98. The van der Waals surface area contributed by atoms with E-state index in [1.54, 1.807) is 19.2 Å². The number of rotatable bonds is 3. The second kappa shape index (κ2) is 6.55. The Morgan fingerprint density at radius 1 is 1.53 bits per heavy atom. The van der Waals surface area contributed by atoms with Crippen LogP contribution in [0.1, 0.15) is 23.2 Å². The van der Waals surface area contributed by atoms with Crippen LogP contribution < -0.4 is 0 Å². The molecule has 0 aromatic carbocycles. The maximum atomic E-state index is 12.4. The van der Waals surface area contributed by atoms with Crippen molar-refractivity contribution in [3.63, 3.8) is 0 Å². The number of nitrogens with zero attached hydrogens (tertiary/aromatic N) is 2. The first-order chi connectivity index (χ1) is 9.11. The fraction of sp³-hybridized carbons (Fsp3) is 0.538. The van der Waals surface area contributed by atoms with Crippen LogP contribution in [0.15, 0.2) is 12.1 Å². The molecule has 4 nitrogen and oxygen atoms in total. The third kappa shape index (κ3) is 3.59. The van der Waals surface area contributed by atoms with Crippen molar-refractivity contribution in [1.82, 2.24) is 9.88 Å². The van der Waals surface area contributed by atoms with Gasteiger partial charge in [-0.05, 0) is 30.9 Å². The van der Waals surface area contributed by atoms with Crippen LogP contribution in [-0.2, 0) is 4.74 Å². The minimum Gasteiger partial charge on any atom is -0.384 e.